The Bertz CT molecular complexity index is 521. The fourth-order valence-electron chi connectivity index (χ4n) is 1.94. The minimum absolute atomic E-state index is 0.0657. The van der Waals surface area contributed by atoms with Crippen molar-refractivity contribution >= 4 is 5.91 Å². The summed E-state index contributed by atoms with van der Waals surface area (Å²) in [7, 11) is 0. The third-order valence-electron chi connectivity index (χ3n) is 2.90. The first-order chi connectivity index (χ1) is 9.24. The van der Waals surface area contributed by atoms with Gasteiger partial charge in [0.05, 0.1) is 12.6 Å². The largest absolute Gasteiger partial charge is 0.364 e. The van der Waals surface area contributed by atoms with Crippen LogP contribution in [-0.2, 0) is 17.6 Å². The molecule has 19 heavy (non-hydrogen) atoms. The van der Waals surface area contributed by atoms with Crippen LogP contribution >= 0.6 is 0 Å². The zero-order valence-corrected chi connectivity index (χ0v) is 11.1. The van der Waals surface area contributed by atoms with Crippen LogP contribution in [0.1, 0.15) is 23.1 Å². The summed E-state index contributed by atoms with van der Waals surface area (Å²) in [6.07, 6.45) is 5.53. The van der Waals surface area contributed by atoms with E-state index in [1.165, 1.54) is 5.56 Å². The Morgan fingerprint density at radius 2 is 2.26 bits per heavy atom. The molecule has 1 amide bonds. The average Bonchev–Trinajstić information content (AvgIpc) is 2.88. The predicted molar refractivity (Wildman–Crippen MR) is 72.7 cm³/mol. The topological polar surface area (TPSA) is 55.1 Å². The Morgan fingerprint density at radius 1 is 1.37 bits per heavy atom. The lowest BCUT2D eigenvalue weighted by Crippen LogP contribution is -2.26. The summed E-state index contributed by atoms with van der Waals surface area (Å²) in [6, 6.07) is 8.02. The van der Waals surface area contributed by atoms with Gasteiger partial charge < -0.3 is 9.84 Å². The van der Waals surface area contributed by atoms with Crippen LogP contribution in [-0.4, -0.2) is 17.6 Å². The van der Waals surface area contributed by atoms with Crippen molar-refractivity contribution in [2.24, 2.45) is 0 Å². The van der Waals surface area contributed by atoms with E-state index < -0.39 is 0 Å². The molecule has 0 unspecified atom stereocenters. The molecule has 0 saturated heterocycles. The molecule has 0 atom stereocenters. The van der Waals surface area contributed by atoms with Gasteiger partial charge in [0.1, 0.15) is 6.26 Å². The number of nitrogens with one attached hydrogen (secondary N) is 1. The second-order valence-corrected chi connectivity index (χ2v) is 4.65. The molecule has 1 aromatic heterocycles. The Kier molecular flexibility index (Phi) is 4.72. The van der Waals surface area contributed by atoms with Gasteiger partial charge in [-0.15, -0.1) is 0 Å². The Hall–Kier alpha value is -2.10. The minimum Gasteiger partial charge on any atom is -0.364 e. The second-order valence-electron chi connectivity index (χ2n) is 4.65. The molecule has 0 spiro atoms. The number of aromatic nitrogens is 1. The van der Waals surface area contributed by atoms with Crippen LogP contribution in [0.25, 0.3) is 0 Å². The minimum atomic E-state index is 0.0657. The van der Waals surface area contributed by atoms with Gasteiger partial charge >= 0.3 is 0 Å². The molecule has 100 valence electrons. The molecule has 4 heteroatoms. The van der Waals surface area contributed by atoms with Gasteiger partial charge in [0.25, 0.3) is 0 Å². The monoisotopic (exact) mass is 258 g/mol. The Morgan fingerprint density at radius 3 is 3.00 bits per heavy atom. The highest BCUT2D eigenvalue weighted by molar-refractivity contribution is 5.78. The van der Waals surface area contributed by atoms with E-state index in [-0.39, 0.29) is 5.91 Å². The zero-order valence-electron chi connectivity index (χ0n) is 11.1. The molecule has 0 bridgehead atoms. The van der Waals surface area contributed by atoms with Crippen LogP contribution < -0.4 is 5.32 Å². The summed E-state index contributed by atoms with van der Waals surface area (Å²) in [4.78, 5) is 11.7. The van der Waals surface area contributed by atoms with Crippen LogP contribution in [0.4, 0.5) is 0 Å². The van der Waals surface area contributed by atoms with E-state index in [1.807, 2.05) is 31.2 Å². The standard InChI is InChI=1S/C15H18N2O2/c1-12-4-2-5-13(8-12)9-15(18)16-7-3-6-14-10-17-19-11-14/h2,4-5,8,10-11H,3,6-7,9H2,1H3,(H,16,18). The molecule has 1 heterocycles. The summed E-state index contributed by atoms with van der Waals surface area (Å²) < 4.78 is 4.75. The predicted octanol–water partition coefficient (Wildman–Crippen LogP) is 2.27. The van der Waals surface area contributed by atoms with Crippen LogP contribution in [0.3, 0.4) is 0 Å². The summed E-state index contributed by atoms with van der Waals surface area (Å²) in [6.45, 7) is 2.70. The first-order valence-corrected chi connectivity index (χ1v) is 6.44. The number of hydrogen-bond acceptors (Lipinski definition) is 3. The lowest BCUT2D eigenvalue weighted by atomic mass is 10.1. The van der Waals surface area contributed by atoms with Gasteiger partial charge in [0, 0.05) is 12.1 Å². The molecule has 0 aliphatic carbocycles. The number of amides is 1. The maximum atomic E-state index is 11.7. The van der Waals surface area contributed by atoms with Crippen molar-refractivity contribution in [2.45, 2.75) is 26.2 Å². The highest BCUT2D eigenvalue weighted by Crippen LogP contribution is 2.04. The van der Waals surface area contributed by atoms with Crippen molar-refractivity contribution in [3.8, 4) is 0 Å². The number of hydrogen-bond donors (Lipinski definition) is 1. The number of carbonyl (C=O) groups is 1. The van der Waals surface area contributed by atoms with E-state index in [4.69, 9.17) is 4.52 Å². The zero-order chi connectivity index (χ0) is 13.5. The molecule has 0 saturated carbocycles. The van der Waals surface area contributed by atoms with Crippen LogP contribution in [0.15, 0.2) is 41.2 Å². The number of rotatable bonds is 6. The summed E-state index contributed by atoms with van der Waals surface area (Å²) in [5.74, 6) is 0.0657. The van der Waals surface area contributed by atoms with E-state index in [2.05, 4.69) is 10.5 Å². The maximum Gasteiger partial charge on any atom is 0.224 e. The van der Waals surface area contributed by atoms with E-state index in [1.54, 1.807) is 12.5 Å². The lowest BCUT2D eigenvalue weighted by molar-refractivity contribution is -0.120. The van der Waals surface area contributed by atoms with Gasteiger partial charge in [0.15, 0.2) is 0 Å². The number of benzene rings is 1. The average molecular weight is 258 g/mol. The number of aryl methyl sites for hydroxylation is 2. The van der Waals surface area contributed by atoms with Gasteiger partial charge in [-0.3, -0.25) is 4.79 Å². The third-order valence-corrected chi connectivity index (χ3v) is 2.90. The van der Waals surface area contributed by atoms with E-state index >= 15 is 0 Å². The molecule has 1 N–H and O–H groups in total. The van der Waals surface area contributed by atoms with E-state index in [0.717, 1.165) is 24.0 Å². The fourth-order valence-corrected chi connectivity index (χ4v) is 1.94. The first-order valence-electron chi connectivity index (χ1n) is 6.44. The number of carbonyl (C=O) groups excluding carboxylic acids is 1. The molecular weight excluding hydrogens is 240 g/mol. The molecule has 2 aromatic rings. The van der Waals surface area contributed by atoms with Crippen molar-refractivity contribution in [2.75, 3.05) is 6.54 Å². The lowest BCUT2D eigenvalue weighted by Gasteiger charge is -2.05. The first kappa shape index (κ1) is 13.3. The van der Waals surface area contributed by atoms with Crippen molar-refractivity contribution in [1.82, 2.24) is 10.5 Å². The van der Waals surface area contributed by atoms with Crippen LogP contribution in [0.5, 0.6) is 0 Å². The van der Waals surface area contributed by atoms with Crippen LogP contribution in [0, 0.1) is 6.92 Å². The van der Waals surface area contributed by atoms with Crippen molar-refractivity contribution in [1.29, 1.82) is 0 Å². The summed E-state index contributed by atoms with van der Waals surface area (Å²) in [5, 5.41) is 6.56. The molecule has 2 rings (SSSR count). The SMILES string of the molecule is Cc1cccc(CC(=O)NCCCc2cnoc2)c1. The smallest absolute Gasteiger partial charge is 0.224 e. The summed E-state index contributed by atoms with van der Waals surface area (Å²) >= 11 is 0. The van der Waals surface area contributed by atoms with Gasteiger partial charge in [-0.05, 0) is 25.3 Å². The maximum absolute atomic E-state index is 11.7. The molecule has 0 fully saturated rings. The van der Waals surface area contributed by atoms with Gasteiger partial charge in [-0.2, -0.15) is 0 Å². The highest BCUT2D eigenvalue weighted by atomic mass is 16.5. The van der Waals surface area contributed by atoms with Crippen molar-refractivity contribution in [3.63, 3.8) is 0 Å². The van der Waals surface area contributed by atoms with E-state index in [0.29, 0.717) is 13.0 Å². The summed E-state index contributed by atoms with van der Waals surface area (Å²) in [5.41, 5.74) is 3.29. The molecule has 1 aromatic carbocycles. The van der Waals surface area contributed by atoms with Gasteiger partial charge in [-0.25, -0.2) is 0 Å². The highest BCUT2D eigenvalue weighted by Gasteiger charge is 2.03. The fraction of sp³-hybridized carbons (Fsp3) is 0.333. The quantitative estimate of drug-likeness (QED) is 0.809. The normalized spacial score (nSPS) is 10.4. The Labute approximate surface area is 112 Å². The molecule has 0 aliphatic rings. The van der Waals surface area contributed by atoms with Crippen LogP contribution in [0.2, 0.25) is 0 Å². The molecule has 0 radical (unpaired) electrons. The van der Waals surface area contributed by atoms with Crippen molar-refractivity contribution < 1.29 is 9.32 Å². The van der Waals surface area contributed by atoms with Crippen molar-refractivity contribution in [3.05, 3.63) is 53.4 Å². The molecular formula is C15H18N2O2. The third kappa shape index (κ3) is 4.58. The van der Waals surface area contributed by atoms with E-state index in [9.17, 15) is 4.79 Å². The van der Waals surface area contributed by atoms with Gasteiger partial charge in [0.2, 0.25) is 5.91 Å². The number of nitrogens with zero attached hydrogens (tertiary/aromatic N) is 1. The molecule has 0 aliphatic heterocycles. The molecule has 4 nitrogen and oxygen atoms in total. The van der Waals surface area contributed by atoms with Gasteiger partial charge in [-0.1, -0.05) is 35.0 Å². The Balaban J connectivity index is 1.67. The second kappa shape index (κ2) is 6.73.